The van der Waals surface area contributed by atoms with Gasteiger partial charge in [0.2, 0.25) is 0 Å². The number of rotatable bonds is 5. The predicted octanol–water partition coefficient (Wildman–Crippen LogP) is 0.676. The highest BCUT2D eigenvalue weighted by atomic mass is 32.2. The van der Waals surface area contributed by atoms with Crippen molar-refractivity contribution >= 4 is 15.9 Å². The van der Waals surface area contributed by atoms with Crippen LogP contribution in [0.15, 0.2) is 18.2 Å². The van der Waals surface area contributed by atoms with Crippen molar-refractivity contribution in [2.24, 2.45) is 0 Å². The summed E-state index contributed by atoms with van der Waals surface area (Å²) in [5.74, 6) is 1.02. The summed E-state index contributed by atoms with van der Waals surface area (Å²) in [4.78, 5) is 0. The molecule has 1 heterocycles. The maximum Gasteiger partial charge on any atom is 0.301 e. The van der Waals surface area contributed by atoms with E-state index in [-0.39, 0.29) is 0 Å². The highest BCUT2D eigenvalue weighted by Gasteiger charge is 2.32. The van der Waals surface area contributed by atoms with Gasteiger partial charge in [-0.2, -0.15) is 12.7 Å². The number of ether oxygens (including phenoxy) is 2. The molecule has 1 N–H and O–H groups in total. The molecule has 0 atom stereocenters. The average Bonchev–Trinajstić information content (AvgIpc) is 3.12. The lowest BCUT2D eigenvalue weighted by molar-refractivity contribution is 0.405. The molecule has 0 amide bonds. The van der Waals surface area contributed by atoms with Gasteiger partial charge in [0.1, 0.15) is 11.5 Å². The average molecular weight is 258 g/mol. The normalized spacial score (nSPS) is 15.4. The fraction of sp³-hybridized carbons (Fsp3) is 0.400. The Bertz CT molecular complexity index is 511. The van der Waals surface area contributed by atoms with Gasteiger partial charge in [0, 0.05) is 19.2 Å². The molecule has 1 aliphatic rings. The van der Waals surface area contributed by atoms with Crippen LogP contribution in [0.1, 0.15) is 0 Å². The van der Waals surface area contributed by atoms with Gasteiger partial charge in [0.15, 0.2) is 0 Å². The fourth-order valence-electron chi connectivity index (χ4n) is 1.38. The molecule has 0 radical (unpaired) electrons. The smallest absolute Gasteiger partial charge is 0.301 e. The number of methoxy groups -OCH3 is 2. The zero-order valence-electron chi connectivity index (χ0n) is 9.63. The van der Waals surface area contributed by atoms with Gasteiger partial charge in [-0.25, -0.2) is 0 Å². The third-order valence-corrected chi connectivity index (χ3v) is 3.91. The van der Waals surface area contributed by atoms with Crippen molar-refractivity contribution in [2.75, 3.05) is 32.0 Å². The minimum absolute atomic E-state index is 0.374. The summed E-state index contributed by atoms with van der Waals surface area (Å²) < 4.78 is 37.4. The highest BCUT2D eigenvalue weighted by molar-refractivity contribution is 7.90. The maximum atomic E-state index is 11.7. The number of anilines is 1. The van der Waals surface area contributed by atoms with Crippen LogP contribution in [-0.2, 0) is 10.2 Å². The minimum atomic E-state index is -3.45. The van der Waals surface area contributed by atoms with Crippen molar-refractivity contribution in [3.63, 3.8) is 0 Å². The number of benzene rings is 1. The summed E-state index contributed by atoms with van der Waals surface area (Å²) >= 11 is 0. The second-order valence-corrected chi connectivity index (χ2v) is 5.24. The molecular weight excluding hydrogens is 244 g/mol. The Kier molecular flexibility index (Phi) is 3.12. The quantitative estimate of drug-likeness (QED) is 0.788. The lowest BCUT2D eigenvalue weighted by Crippen LogP contribution is -2.21. The van der Waals surface area contributed by atoms with Gasteiger partial charge in [0.05, 0.1) is 19.9 Å². The molecule has 2 rings (SSSR count). The Balaban J connectivity index is 2.29. The van der Waals surface area contributed by atoms with E-state index in [1.165, 1.54) is 18.5 Å². The monoisotopic (exact) mass is 258 g/mol. The van der Waals surface area contributed by atoms with Gasteiger partial charge in [0.25, 0.3) is 0 Å². The lowest BCUT2D eigenvalue weighted by atomic mass is 10.3. The second-order valence-electron chi connectivity index (χ2n) is 3.57. The minimum Gasteiger partial charge on any atom is -0.497 e. The van der Waals surface area contributed by atoms with Crippen LogP contribution in [0.4, 0.5) is 5.69 Å². The molecule has 6 nitrogen and oxygen atoms in total. The summed E-state index contributed by atoms with van der Waals surface area (Å²) in [6.07, 6.45) is 0. The number of nitrogens with one attached hydrogen (secondary N) is 1. The SMILES string of the molecule is COc1ccc(OC)c(NS(=O)(=O)N2CC2)c1. The molecule has 7 heteroatoms. The molecule has 17 heavy (non-hydrogen) atoms. The standard InChI is InChI=1S/C10H14N2O4S/c1-15-8-3-4-10(16-2)9(7-8)11-17(13,14)12-5-6-12/h3-4,7,11H,5-6H2,1-2H3. The third-order valence-electron chi connectivity index (χ3n) is 2.39. The summed E-state index contributed by atoms with van der Waals surface area (Å²) in [5.41, 5.74) is 0.374. The first-order valence-corrected chi connectivity index (χ1v) is 6.51. The Morgan fingerprint density at radius 2 is 1.94 bits per heavy atom. The fourth-order valence-corrected chi connectivity index (χ4v) is 2.51. The first-order chi connectivity index (χ1) is 8.06. The number of hydrogen-bond donors (Lipinski definition) is 1. The van der Waals surface area contributed by atoms with Gasteiger partial charge in [-0.15, -0.1) is 0 Å². The maximum absolute atomic E-state index is 11.7. The van der Waals surface area contributed by atoms with Gasteiger partial charge in [-0.05, 0) is 12.1 Å². The molecule has 0 aliphatic carbocycles. The third kappa shape index (κ3) is 2.62. The van der Waals surface area contributed by atoms with E-state index in [2.05, 4.69) is 4.72 Å². The predicted molar refractivity (Wildman–Crippen MR) is 63.7 cm³/mol. The van der Waals surface area contributed by atoms with Crippen molar-refractivity contribution in [3.8, 4) is 11.5 Å². The zero-order valence-corrected chi connectivity index (χ0v) is 10.5. The van der Waals surface area contributed by atoms with Crippen LogP contribution < -0.4 is 14.2 Å². The molecule has 94 valence electrons. The number of nitrogens with zero attached hydrogens (tertiary/aromatic N) is 1. The van der Waals surface area contributed by atoms with Crippen LogP contribution in [-0.4, -0.2) is 40.0 Å². The molecule has 0 spiro atoms. The summed E-state index contributed by atoms with van der Waals surface area (Å²) in [7, 11) is -0.448. The van der Waals surface area contributed by atoms with Crippen LogP contribution in [0, 0.1) is 0 Å². The molecule has 1 fully saturated rings. The molecule has 1 aromatic rings. The van der Waals surface area contributed by atoms with Crippen LogP contribution in [0.3, 0.4) is 0 Å². The molecular formula is C10H14N2O4S. The Labute approximate surface area is 100 Å². The van der Waals surface area contributed by atoms with E-state index >= 15 is 0 Å². The molecule has 0 aromatic heterocycles. The van der Waals surface area contributed by atoms with Crippen LogP contribution in [0.25, 0.3) is 0 Å². The van der Waals surface area contributed by atoms with E-state index in [1.807, 2.05) is 0 Å². The van der Waals surface area contributed by atoms with Crippen LogP contribution in [0.5, 0.6) is 11.5 Å². The first-order valence-electron chi connectivity index (χ1n) is 5.07. The van der Waals surface area contributed by atoms with E-state index < -0.39 is 10.2 Å². The Morgan fingerprint density at radius 1 is 1.24 bits per heavy atom. The highest BCUT2D eigenvalue weighted by Crippen LogP contribution is 2.30. The zero-order chi connectivity index (χ0) is 12.5. The Morgan fingerprint density at radius 3 is 2.47 bits per heavy atom. The van der Waals surface area contributed by atoms with Crippen molar-refractivity contribution < 1.29 is 17.9 Å². The molecule has 0 saturated carbocycles. The van der Waals surface area contributed by atoms with E-state index in [0.717, 1.165) is 0 Å². The molecule has 1 saturated heterocycles. The van der Waals surface area contributed by atoms with E-state index in [9.17, 15) is 8.42 Å². The lowest BCUT2D eigenvalue weighted by Gasteiger charge is -2.12. The largest absolute Gasteiger partial charge is 0.497 e. The second kappa shape index (κ2) is 4.42. The topological polar surface area (TPSA) is 67.6 Å². The molecule has 0 unspecified atom stereocenters. The first kappa shape index (κ1) is 12.0. The summed E-state index contributed by atoms with van der Waals surface area (Å²) in [6, 6.07) is 4.94. The van der Waals surface area contributed by atoms with E-state index in [0.29, 0.717) is 30.3 Å². The van der Waals surface area contributed by atoms with Crippen molar-refractivity contribution in [1.82, 2.24) is 4.31 Å². The number of hydrogen-bond acceptors (Lipinski definition) is 4. The van der Waals surface area contributed by atoms with Crippen LogP contribution >= 0.6 is 0 Å². The summed E-state index contributed by atoms with van der Waals surface area (Å²) in [5, 5.41) is 0. The summed E-state index contributed by atoms with van der Waals surface area (Å²) in [6.45, 7) is 1.11. The van der Waals surface area contributed by atoms with Gasteiger partial charge in [-0.1, -0.05) is 0 Å². The Hall–Kier alpha value is -1.47. The van der Waals surface area contributed by atoms with E-state index in [4.69, 9.17) is 9.47 Å². The van der Waals surface area contributed by atoms with Crippen LogP contribution in [0.2, 0.25) is 0 Å². The molecule has 1 aliphatic heterocycles. The van der Waals surface area contributed by atoms with Gasteiger partial charge >= 0.3 is 10.2 Å². The molecule has 0 bridgehead atoms. The van der Waals surface area contributed by atoms with Crippen molar-refractivity contribution in [2.45, 2.75) is 0 Å². The van der Waals surface area contributed by atoms with Crippen molar-refractivity contribution in [1.29, 1.82) is 0 Å². The van der Waals surface area contributed by atoms with Crippen molar-refractivity contribution in [3.05, 3.63) is 18.2 Å². The van der Waals surface area contributed by atoms with E-state index in [1.54, 1.807) is 18.2 Å². The van der Waals surface area contributed by atoms with Gasteiger partial charge in [-0.3, -0.25) is 4.72 Å². The molecule has 1 aromatic carbocycles. The van der Waals surface area contributed by atoms with Gasteiger partial charge < -0.3 is 9.47 Å².